The molecule has 168 valence electrons. The van der Waals surface area contributed by atoms with Gasteiger partial charge >= 0.3 is 0 Å². The zero-order valence-electron chi connectivity index (χ0n) is 20.1. The Kier molecular flexibility index (Phi) is 14.2. The number of hydrogen-bond acceptors (Lipinski definition) is 6. The lowest BCUT2D eigenvalue weighted by Gasteiger charge is -2.45. The molecule has 0 aliphatic carbocycles. The van der Waals surface area contributed by atoms with Gasteiger partial charge < -0.3 is 4.52 Å². The molecule has 0 N–H and O–H groups in total. The third-order valence-electron chi connectivity index (χ3n) is 4.07. The Morgan fingerprint density at radius 3 is 1.71 bits per heavy atom. The fraction of sp³-hybridized carbons (Fsp3) is 0.952. The maximum Gasteiger partial charge on any atom is 0.189 e. The summed E-state index contributed by atoms with van der Waals surface area (Å²) in [4.78, 5) is 11.7. The molecule has 0 atom stereocenters. The van der Waals surface area contributed by atoms with Crippen molar-refractivity contribution in [2.75, 3.05) is 18.1 Å². The van der Waals surface area contributed by atoms with Crippen molar-refractivity contribution in [1.29, 1.82) is 0 Å². The summed E-state index contributed by atoms with van der Waals surface area (Å²) in [5, 5.41) is 0.277. The largest absolute Gasteiger partial charge is 0.330 e. The number of thioether (sulfide) groups is 2. The van der Waals surface area contributed by atoms with Crippen LogP contribution in [0.1, 0.15) is 82.6 Å². The van der Waals surface area contributed by atoms with Crippen LogP contribution in [0.3, 0.4) is 0 Å². The number of carbonyl (C=O) groups is 1. The number of carbonyl (C=O) groups excluding carboxylic acids is 1. The van der Waals surface area contributed by atoms with Crippen molar-refractivity contribution in [3.8, 4) is 0 Å². The first-order valence-electron chi connectivity index (χ1n) is 10.6. The van der Waals surface area contributed by atoms with Crippen LogP contribution in [0, 0.1) is 0 Å². The third-order valence-corrected chi connectivity index (χ3v) is 9.90. The monoisotopic (exact) mass is 452 g/mol. The Morgan fingerprint density at radius 1 is 0.929 bits per heavy atom. The van der Waals surface area contributed by atoms with Gasteiger partial charge in [0.05, 0.1) is 6.61 Å². The van der Waals surface area contributed by atoms with E-state index in [-0.39, 0.29) is 9.86 Å². The molecule has 4 nitrogen and oxygen atoms in total. The average Bonchev–Trinajstić information content (AvgIpc) is 2.52. The molecule has 0 radical (unpaired) electrons. The Balaban J connectivity index is 4.92. The summed E-state index contributed by atoms with van der Waals surface area (Å²) in [6.45, 7) is 25.1. The average molecular weight is 453 g/mol. The molecule has 0 saturated carbocycles. The molecule has 0 saturated heterocycles. The van der Waals surface area contributed by atoms with E-state index in [1.807, 2.05) is 18.7 Å². The van der Waals surface area contributed by atoms with Gasteiger partial charge in [-0.1, -0.05) is 18.7 Å². The van der Waals surface area contributed by atoms with Gasteiger partial charge in [-0.15, -0.1) is 0 Å². The van der Waals surface area contributed by atoms with Crippen molar-refractivity contribution >= 4 is 37.1 Å². The van der Waals surface area contributed by atoms with Gasteiger partial charge in [-0.2, -0.15) is 11.8 Å². The summed E-state index contributed by atoms with van der Waals surface area (Å²) in [7, 11) is -0.813. The third kappa shape index (κ3) is 10.6. The van der Waals surface area contributed by atoms with Gasteiger partial charge in [0.2, 0.25) is 0 Å². The van der Waals surface area contributed by atoms with E-state index in [1.54, 1.807) is 0 Å². The Bertz CT molecular complexity index is 410. The van der Waals surface area contributed by atoms with Gasteiger partial charge in [-0.25, -0.2) is 9.34 Å². The van der Waals surface area contributed by atoms with Gasteiger partial charge in [0, 0.05) is 46.8 Å². The molecular weight excluding hydrogens is 407 g/mol. The van der Waals surface area contributed by atoms with Crippen molar-refractivity contribution in [3.63, 3.8) is 0 Å². The molecule has 0 rings (SSSR count). The van der Waals surface area contributed by atoms with Crippen LogP contribution in [0.2, 0.25) is 0 Å². The van der Waals surface area contributed by atoms with Crippen molar-refractivity contribution < 1.29 is 9.32 Å². The molecule has 0 amide bonds. The topological polar surface area (TPSA) is 32.8 Å². The summed E-state index contributed by atoms with van der Waals surface area (Å²) < 4.78 is 11.6. The van der Waals surface area contributed by atoms with Crippen LogP contribution < -0.4 is 0 Å². The van der Waals surface area contributed by atoms with Crippen LogP contribution >= 0.6 is 32.0 Å². The minimum Gasteiger partial charge on any atom is -0.330 e. The SMILES string of the molecule is CCC(=O)SC(C)(C)CSCCOP(N(C(C)C)C(C)C)N(C(C)C)C(C)C. The van der Waals surface area contributed by atoms with Crippen molar-refractivity contribution in [1.82, 2.24) is 9.34 Å². The minimum absolute atomic E-state index is 0.0215. The second kappa shape index (κ2) is 13.9. The summed E-state index contributed by atoms with van der Waals surface area (Å²) in [5.74, 6) is 1.91. The molecule has 0 aliphatic rings. The quantitative estimate of drug-likeness (QED) is 0.217. The van der Waals surface area contributed by atoms with Gasteiger partial charge in [-0.3, -0.25) is 4.79 Å². The molecule has 0 aromatic carbocycles. The smallest absolute Gasteiger partial charge is 0.189 e. The van der Waals surface area contributed by atoms with Crippen LogP contribution in [0.25, 0.3) is 0 Å². The Morgan fingerprint density at radius 2 is 1.36 bits per heavy atom. The molecule has 0 aliphatic heterocycles. The molecule has 0 aromatic rings. The zero-order valence-corrected chi connectivity index (χ0v) is 22.6. The van der Waals surface area contributed by atoms with Crippen LogP contribution in [0.5, 0.6) is 0 Å². The summed E-state index contributed by atoms with van der Waals surface area (Å²) in [5.41, 5.74) is 0. The van der Waals surface area contributed by atoms with Gasteiger partial charge in [0.25, 0.3) is 0 Å². The minimum atomic E-state index is -0.813. The molecule has 28 heavy (non-hydrogen) atoms. The lowest BCUT2D eigenvalue weighted by atomic mass is 10.2. The zero-order chi connectivity index (χ0) is 22.1. The molecule has 0 aromatic heterocycles. The van der Waals surface area contributed by atoms with Crippen LogP contribution in [0.15, 0.2) is 0 Å². The highest BCUT2D eigenvalue weighted by Gasteiger charge is 2.34. The van der Waals surface area contributed by atoms with Gasteiger partial charge in [0.15, 0.2) is 13.6 Å². The van der Waals surface area contributed by atoms with Crippen molar-refractivity contribution in [2.45, 2.75) is 111 Å². The molecule has 0 spiro atoms. The lowest BCUT2D eigenvalue weighted by Crippen LogP contribution is -2.43. The molecule has 0 heterocycles. The van der Waals surface area contributed by atoms with Gasteiger partial charge in [0.1, 0.15) is 0 Å². The van der Waals surface area contributed by atoms with E-state index in [4.69, 9.17) is 4.52 Å². The van der Waals surface area contributed by atoms with E-state index >= 15 is 0 Å². The van der Waals surface area contributed by atoms with Crippen LogP contribution in [-0.2, 0) is 9.32 Å². The molecular formula is C21H45N2O2PS2. The summed E-state index contributed by atoms with van der Waals surface area (Å²) in [6, 6.07) is 1.76. The van der Waals surface area contributed by atoms with Crippen LogP contribution in [-0.4, -0.2) is 61.5 Å². The maximum atomic E-state index is 11.7. The number of nitrogens with zero attached hydrogens (tertiary/aromatic N) is 2. The first kappa shape index (κ1) is 28.7. The second-order valence-electron chi connectivity index (χ2n) is 8.86. The standard InChI is InChI=1S/C21H45N2O2PS2/c1-12-20(24)28-21(10,11)15-27-14-13-25-26(22(16(2)3)17(4)5)23(18(6)7)19(8)9/h16-19H,12-15H2,1-11H3. The van der Waals surface area contributed by atoms with E-state index < -0.39 is 8.45 Å². The summed E-state index contributed by atoms with van der Waals surface area (Å²) in [6.07, 6.45) is 0.604. The molecule has 0 fully saturated rings. The molecule has 0 unspecified atom stereocenters. The lowest BCUT2D eigenvalue weighted by molar-refractivity contribution is -0.110. The van der Waals surface area contributed by atoms with Crippen LogP contribution in [0.4, 0.5) is 0 Å². The molecule has 7 heteroatoms. The fourth-order valence-corrected chi connectivity index (χ4v) is 7.69. The van der Waals surface area contributed by atoms with Crippen molar-refractivity contribution in [3.05, 3.63) is 0 Å². The first-order chi connectivity index (χ1) is 12.8. The van der Waals surface area contributed by atoms with Gasteiger partial charge in [-0.05, 0) is 69.2 Å². The predicted molar refractivity (Wildman–Crippen MR) is 131 cm³/mol. The number of hydrogen-bond donors (Lipinski definition) is 0. The summed E-state index contributed by atoms with van der Waals surface area (Å²) >= 11 is 3.37. The number of rotatable bonds is 14. The van der Waals surface area contributed by atoms with E-state index in [9.17, 15) is 4.79 Å². The second-order valence-corrected chi connectivity index (χ2v) is 13.4. The normalized spacial score (nSPS) is 13.4. The van der Waals surface area contributed by atoms with E-state index in [0.717, 1.165) is 18.1 Å². The first-order valence-corrected chi connectivity index (χ1v) is 13.8. The fourth-order valence-electron chi connectivity index (χ4n) is 3.14. The Hall–Kier alpha value is 0.680. The predicted octanol–water partition coefficient (Wildman–Crippen LogP) is 6.65. The highest BCUT2D eigenvalue weighted by atomic mass is 32.2. The van der Waals surface area contributed by atoms with E-state index in [0.29, 0.717) is 30.6 Å². The highest BCUT2D eigenvalue weighted by Crippen LogP contribution is 2.50. The molecule has 0 bridgehead atoms. The highest BCUT2D eigenvalue weighted by molar-refractivity contribution is 8.15. The maximum absolute atomic E-state index is 11.7. The van der Waals surface area contributed by atoms with E-state index in [1.165, 1.54) is 11.8 Å². The van der Waals surface area contributed by atoms with E-state index in [2.05, 4.69) is 78.6 Å². The van der Waals surface area contributed by atoms with Crippen molar-refractivity contribution in [2.24, 2.45) is 0 Å². The Labute approximate surface area is 185 Å².